The summed E-state index contributed by atoms with van der Waals surface area (Å²) in [4.78, 5) is 35.3. The number of rotatable bonds is 7. The van der Waals surface area contributed by atoms with Crippen LogP contribution in [0.25, 0.3) is 10.4 Å². The van der Waals surface area contributed by atoms with Crippen LogP contribution in [0.3, 0.4) is 0 Å². The molecule has 6 rings (SSSR count). The molecular formula is C31H35ClN4O5S2. The van der Waals surface area contributed by atoms with Crippen molar-refractivity contribution in [3.05, 3.63) is 58.6 Å². The SMILES string of the molecule is C[C@@H]1CCCN1c1ncc(S(=O)(=O)N2CC(=O)N(c3cc(-c4ccccc4)sc3C(=O)O)[C@H](C3CCCCC3)C2)cc1Cl. The van der Waals surface area contributed by atoms with Gasteiger partial charge in [0.05, 0.1) is 23.3 Å². The Bertz CT molecular complexity index is 1620. The van der Waals surface area contributed by atoms with Gasteiger partial charge >= 0.3 is 5.97 Å². The molecule has 1 aliphatic carbocycles. The first-order valence-corrected chi connectivity index (χ1v) is 17.5. The van der Waals surface area contributed by atoms with Gasteiger partial charge in [-0.25, -0.2) is 18.2 Å². The first kappa shape index (κ1) is 30.1. The summed E-state index contributed by atoms with van der Waals surface area (Å²) < 4.78 is 29.2. The number of piperazine rings is 1. The molecule has 3 aromatic rings. The van der Waals surface area contributed by atoms with Gasteiger partial charge in [0.15, 0.2) is 0 Å². The fourth-order valence-corrected chi connectivity index (χ4v) is 9.48. The van der Waals surface area contributed by atoms with Gasteiger partial charge in [0.1, 0.15) is 15.6 Å². The van der Waals surface area contributed by atoms with E-state index in [1.54, 1.807) is 11.0 Å². The maximum atomic E-state index is 14.0. The molecule has 12 heteroatoms. The highest BCUT2D eigenvalue weighted by Crippen LogP contribution is 2.42. The molecule has 2 atom stereocenters. The fourth-order valence-electron chi connectivity index (χ4n) is 6.76. The van der Waals surface area contributed by atoms with Gasteiger partial charge in [0.2, 0.25) is 15.9 Å². The number of thiophene rings is 1. The van der Waals surface area contributed by atoms with Crippen molar-refractivity contribution < 1.29 is 23.1 Å². The summed E-state index contributed by atoms with van der Waals surface area (Å²) in [5.41, 5.74) is 1.20. The average Bonchev–Trinajstić information content (AvgIpc) is 3.64. The second-order valence-corrected chi connectivity index (χ2v) is 15.1. The van der Waals surface area contributed by atoms with Crippen molar-refractivity contribution in [3.8, 4) is 10.4 Å². The van der Waals surface area contributed by atoms with E-state index in [1.165, 1.54) is 16.6 Å². The predicted molar refractivity (Wildman–Crippen MR) is 169 cm³/mol. The number of aromatic carboxylic acids is 1. The predicted octanol–water partition coefficient (Wildman–Crippen LogP) is 6.14. The van der Waals surface area contributed by atoms with Crippen LogP contribution >= 0.6 is 22.9 Å². The summed E-state index contributed by atoms with van der Waals surface area (Å²) >= 11 is 7.71. The number of carboxylic acids is 1. The van der Waals surface area contributed by atoms with Gasteiger partial charge in [0, 0.05) is 30.2 Å². The molecule has 1 N–H and O–H groups in total. The molecule has 3 fully saturated rings. The summed E-state index contributed by atoms with van der Waals surface area (Å²) in [6, 6.07) is 12.4. The largest absolute Gasteiger partial charge is 0.477 e. The minimum absolute atomic E-state index is 0.0400. The number of sulfonamides is 1. The van der Waals surface area contributed by atoms with Crippen LogP contribution in [0.1, 0.15) is 61.5 Å². The van der Waals surface area contributed by atoms with Gasteiger partial charge in [-0.05, 0) is 56.2 Å². The molecule has 2 aliphatic heterocycles. The van der Waals surface area contributed by atoms with E-state index in [0.717, 1.165) is 73.3 Å². The lowest BCUT2D eigenvalue weighted by Gasteiger charge is -2.44. The van der Waals surface area contributed by atoms with Crippen molar-refractivity contribution in [1.29, 1.82) is 0 Å². The van der Waals surface area contributed by atoms with E-state index in [9.17, 15) is 23.1 Å². The number of hydrogen-bond donors (Lipinski definition) is 1. The van der Waals surface area contributed by atoms with E-state index in [2.05, 4.69) is 16.8 Å². The second kappa shape index (κ2) is 12.2. The number of hydrogen-bond acceptors (Lipinski definition) is 7. The summed E-state index contributed by atoms with van der Waals surface area (Å²) in [5.74, 6) is -0.940. The van der Waals surface area contributed by atoms with Gasteiger partial charge in [-0.3, -0.25) is 4.79 Å². The van der Waals surface area contributed by atoms with Crippen molar-refractivity contribution in [2.24, 2.45) is 5.92 Å². The molecule has 0 radical (unpaired) electrons. The molecule has 2 aromatic heterocycles. The van der Waals surface area contributed by atoms with Crippen LogP contribution < -0.4 is 9.80 Å². The Morgan fingerprint density at radius 2 is 1.81 bits per heavy atom. The minimum atomic E-state index is -4.11. The van der Waals surface area contributed by atoms with Gasteiger partial charge in [0.25, 0.3) is 0 Å². The summed E-state index contributed by atoms with van der Waals surface area (Å²) in [7, 11) is -4.11. The van der Waals surface area contributed by atoms with Gasteiger partial charge in [-0.15, -0.1) is 11.3 Å². The molecule has 228 valence electrons. The van der Waals surface area contributed by atoms with E-state index in [-0.39, 0.29) is 33.3 Å². The molecule has 4 heterocycles. The Kier molecular flexibility index (Phi) is 8.52. The number of aromatic nitrogens is 1. The quantitative estimate of drug-likeness (QED) is 0.330. The standard InChI is InChI=1S/C31H35ClN4O5S2/c1-20-9-8-14-35(20)30-24(32)15-23(17-33-30)43(40,41)34-18-26(21-10-4-2-5-11-21)36(28(37)19-34)25-16-27(42-29(25)31(38)39)22-12-6-3-7-13-22/h3,6-7,12-13,15-17,20-21,26H,2,4-5,8-11,14,18-19H2,1H3,(H,38,39)/t20-,26+/m1/s1. The smallest absolute Gasteiger partial charge is 0.348 e. The Balaban J connectivity index is 1.35. The highest BCUT2D eigenvalue weighted by molar-refractivity contribution is 7.89. The van der Waals surface area contributed by atoms with Crippen molar-refractivity contribution in [2.75, 3.05) is 29.4 Å². The highest BCUT2D eigenvalue weighted by atomic mass is 35.5. The lowest BCUT2D eigenvalue weighted by atomic mass is 9.82. The van der Waals surface area contributed by atoms with Crippen LogP contribution in [0, 0.1) is 5.92 Å². The molecule has 1 aromatic carbocycles. The van der Waals surface area contributed by atoms with E-state index in [1.807, 2.05) is 30.3 Å². The number of carbonyl (C=O) groups excluding carboxylic acids is 1. The molecule has 9 nitrogen and oxygen atoms in total. The van der Waals surface area contributed by atoms with E-state index in [0.29, 0.717) is 11.5 Å². The zero-order chi connectivity index (χ0) is 30.3. The van der Waals surface area contributed by atoms with Crippen molar-refractivity contribution in [3.63, 3.8) is 0 Å². The summed E-state index contributed by atoms with van der Waals surface area (Å²) in [6.45, 7) is 2.57. The molecule has 43 heavy (non-hydrogen) atoms. The normalized spacial score (nSPS) is 22.3. The van der Waals surface area contributed by atoms with Gasteiger partial charge < -0.3 is 14.9 Å². The van der Waals surface area contributed by atoms with Crippen LogP contribution in [-0.4, -0.2) is 66.4 Å². The molecule has 0 unspecified atom stereocenters. The zero-order valence-electron chi connectivity index (χ0n) is 24.0. The number of nitrogens with zero attached hydrogens (tertiary/aromatic N) is 4. The number of pyridine rings is 1. The van der Waals surface area contributed by atoms with Gasteiger partial charge in [-0.2, -0.15) is 4.31 Å². The number of anilines is 2. The van der Waals surface area contributed by atoms with Crippen LogP contribution in [0.4, 0.5) is 11.5 Å². The summed E-state index contributed by atoms with van der Waals surface area (Å²) in [6.07, 6.45) is 8.12. The molecular weight excluding hydrogens is 608 g/mol. The minimum Gasteiger partial charge on any atom is -0.477 e. The number of carboxylic acid groups (broad SMARTS) is 1. The Hall–Kier alpha value is -2.99. The van der Waals surface area contributed by atoms with Crippen LogP contribution in [0.2, 0.25) is 5.02 Å². The fraction of sp³-hybridized carbons (Fsp3) is 0.452. The third kappa shape index (κ3) is 5.80. The second-order valence-electron chi connectivity index (χ2n) is 11.7. The molecule has 3 aliphatic rings. The van der Waals surface area contributed by atoms with E-state index >= 15 is 0 Å². The lowest BCUT2D eigenvalue weighted by Crippen LogP contribution is -2.60. The average molecular weight is 643 g/mol. The lowest BCUT2D eigenvalue weighted by molar-refractivity contribution is -0.121. The topological polar surface area (TPSA) is 111 Å². The monoisotopic (exact) mass is 642 g/mol. The van der Waals surface area contributed by atoms with Crippen molar-refractivity contribution >= 4 is 56.3 Å². The Morgan fingerprint density at radius 1 is 1.07 bits per heavy atom. The maximum Gasteiger partial charge on any atom is 0.348 e. The third-order valence-electron chi connectivity index (χ3n) is 8.98. The zero-order valence-corrected chi connectivity index (χ0v) is 26.4. The van der Waals surface area contributed by atoms with Crippen LogP contribution in [-0.2, 0) is 14.8 Å². The highest BCUT2D eigenvalue weighted by Gasteiger charge is 2.44. The van der Waals surface area contributed by atoms with Gasteiger partial charge in [-0.1, -0.05) is 61.2 Å². The van der Waals surface area contributed by atoms with Crippen LogP contribution in [0.15, 0.2) is 53.6 Å². The number of benzene rings is 1. The maximum absolute atomic E-state index is 14.0. The summed E-state index contributed by atoms with van der Waals surface area (Å²) in [5, 5.41) is 10.4. The van der Waals surface area contributed by atoms with Crippen molar-refractivity contribution in [1.82, 2.24) is 9.29 Å². The van der Waals surface area contributed by atoms with E-state index in [4.69, 9.17) is 11.6 Å². The van der Waals surface area contributed by atoms with E-state index < -0.39 is 34.5 Å². The number of halogens is 1. The Morgan fingerprint density at radius 3 is 2.47 bits per heavy atom. The third-order valence-corrected chi connectivity index (χ3v) is 12.2. The molecule has 0 bridgehead atoms. The first-order valence-electron chi connectivity index (χ1n) is 14.8. The Labute approximate surface area is 261 Å². The number of carbonyl (C=O) groups is 2. The number of amides is 1. The molecule has 1 amide bonds. The first-order chi connectivity index (χ1) is 20.6. The molecule has 0 spiro atoms. The molecule has 2 saturated heterocycles. The van der Waals surface area contributed by atoms with Crippen molar-refractivity contribution in [2.45, 2.75) is 68.8 Å². The molecule has 1 saturated carbocycles. The van der Waals surface area contributed by atoms with Crippen LogP contribution in [0.5, 0.6) is 0 Å².